The highest BCUT2D eigenvalue weighted by Gasteiger charge is 2.20. The highest BCUT2D eigenvalue weighted by Crippen LogP contribution is 2.33. The van der Waals surface area contributed by atoms with Gasteiger partial charge in [-0.3, -0.25) is 0 Å². The van der Waals surface area contributed by atoms with Crippen molar-refractivity contribution in [3.8, 4) is 11.1 Å². The van der Waals surface area contributed by atoms with Gasteiger partial charge in [0.25, 0.3) is 0 Å². The Bertz CT molecular complexity index is 577. The van der Waals surface area contributed by atoms with Gasteiger partial charge in [0, 0.05) is 11.3 Å². The summed E-state index contributed by atoms with van der Waals surface area (Å²) in [7, 11) is 0. The number of nitrogens with zero attached hydrogens (tertiary/aromatic N) is 1. The van der Waals surface area contributed by atoms with Crippen LogP contribution in [0.1, 0.15) is 31.0 Å². The summed E-state index contributed by atoms with van der Waals surface area (Å²) >= 11 is 6.35. The summed E-state index contributed by atoms with van der Waals surface area (Å²) < 4.78 is 0. The van der Waals surface area contributed by atoms with E-state index < -0.39 is 0 Å². The van der Waals surface area contributed by atoms with Crippen molar-refractivity contribution in [2.45, 2.75) is 32.6 Å². The standard InChI is InChI=1S/C17H18ClN/c1-2-12-8-9-16-14(10-12)11-15(17(18)19-16)13-6-4-3-5-7-13/h3-7,11-12H,2,8-10H2,1H3. The highest BCUT2D eigenvalue weighted by atomic mass is 35.5. The monoisotopic (exact) mass is 271 g/mol. The number of hydrogen-bond donors (Lipinski definition) is 0. The van der Waals surface area contributed by atoms with Gasteiger partial charge in [0.2, 0.25) is 0 Å². The van der Waals surface area contributed by atoms with Crippen molar-refractivity contribution >= 4 is 11.6 Å². The number of pyridine rings is 1. The molecule has 0 aliphatic heterocycles. The van der Waals surface area contributed by atoms with Gasteiger partial charge in [0.15, 0.2) is 0 Å². The minimum atomic E-state index is 0.639. The van der Waals surface area contributed by atoms with Gasteiger partial charge in [-0.15, -0.1) is 0 Å². The van der Waals surface area contributed by atoms with Crippen molar-refractivity contribution in [1.29, 1.82) is 0 Å². The van der Waals surface area contributed by atoms with Crippen LogP contribution in [0.2, 0.25) is 5.15 Å². The van der Waals surface area contributed by atoms with E-state index in [4.69, 9.17) is 11.6 Å². The number of hydrogen-bond acceptors (Lipinski definition) is 1. The zero-order chi connectivity index (χ0) is 13.2. The molecule has 1 aliphatic carbocycles. The third kappa shape index (κ3) is 2.52. The molecule has 98 valence electrons. The first kappa shape index (κ1) is 12.7. The second-order valence-electron chi connectivity index (χ2n) is 5.32. The van der Waals surface area contributed by atoms with Crippen LogP contribution in [0, 0.1) is 5.92 Å². The molecule has 0 N–H and O–H groups in total. The molecule has 0 fully saturated rings. The van der Waals surface area contributed by atoms with E-state index in [1.807, 2.05) is 18.2 Å². The van der Waals surface area contributed by atoms with Gasteiger partial charge in [-0.25, -0.2) is 4.98 Å². The van der Waals surface area contributed by atoms with E-state index in [1.54, 1.807) is 0 Å². The Kier molecular flexibility index (Phi) is 3.56. The van der Waals surface area contributed by atoms with Crippen molar-refractivity contribution in [3.05, 3.63) is 52.8 Å². The maximum Gasteiger partial charge on any atom is 0.137 e. The lowest BCUT2D eigenvalue weighted by molar-refractivity contribution is 0.440. The summed E-state index contributed by atoms with van der Waals surface area (Å²) in [6.45, 7) is 2.27. The van der Waals surface area contributed by atoms with Crippen LogP contribution in [0.5, 0.6) is 0 Å². The zero-order valence-electron chi connectivity index (χ0n) is 11.2. The largest absolute Gasteiger partial charge is 0.240 e. The van der Waals surface area contributed by atoms with Gasteiger partial charge in [-0.05, 0) is 42.4 Å². The number of benzene rings is 1. The second kappa shape index (κ2) is 5.34. The fraction of sp³-hybridized carbons (Fsp3) is 0.353. The van der Waals surface area contributed by atoms with Crippen molar-refractivity contribution < 1.29 is 0 Å². The predicted octanol–water partition coefficient (Wildman–Crippen LogP) is 4.92. The Morgan fingerprint density at radius 2 is 2.05 bits per heavy atom. The molecule has 19 heavy (non-hydrogen) atoms. The molecule has 3 rings (SSSR count). The van der Waals surface area contributed by atoms with Crippen molar-refractivity contribution in [1.82, 2.24) is 4.98 Å². The summed E-state index contributed by atoms with van der Waals surface area (Å²) in [5.41, 5.74) is 4.81. The minimum Gasteiger partial charge on any atom is -0.240 e. The van der Waals surface area contributed by atoms with E-state index in [9.17, 15) is 0 Å². The first-order valence-electron chi connectivity index (χ1n) is 7.01. The molecular formula is C17H18ClN. The van der Waals surface area contributed by atoms with Gasteiger partial charge < -0.3 is 0 Å². The zero-order valence-corrected chi connectivity index (χ0v) is 12.0. The fourth-order valence-electron chi connectivity index (χ4n) is 2.88. The summed E-state index contributed by atoms with van der Waals surface area (Å²) in [6.07, 6.45) is 4.72. The lowest BCUT2D eigenvalue weighted by atomic mass is 9.84. The molecule has 1 aromatic heterocycles. The molecule has 1 aliphatic rings. The fourth-order valence-corrected chi connectivity index (χ4v) is 3.15. The van der Waals surface area contributed by atoms with Crippen LogP contribution in [0.3, 0.4) is 0 Å². The van der Waals surface area contributed by atoms with Crippen LogP contribution in [0.25, 0.3) is 11.1 Å². The maximum absolute atomic E-state index is 6.35. The van der Waals surface area contributed by atoms with E-state index in [0.29, 0.717) is 5.15 Å². The first-order valence-corrected chi connectivity index (χ1v) is 7.39. The Labute approximate surface area is 119 Å². The Hall–Kier alpha value is -1.34. The summed E-state index contributed by atoms with van der Waals surface area (Å²) in [4.78, 5) is 4.62. The van der Waals surface area contributed by atoms with Gasteiger partial charge >= 0.3 is 0 Å². The molecule has 0 saturated carbocycles. The number of fused-ring (bicyclic) bond motifs is 1. The molecule has 0 radical (unpaired) electrons. The van der Waals surface area contributed by atoms with E-state index >= 15 is 0 Å². The summed E-state index contributed by atoms with van der Waals surface area (Å²) in [5, 5.41) is 0.639. The van der Waals surface area contributed by atoms with Crippen LogP contribution >= 0.6 is 11.6 Å². The molecule has 1 heterocycles. The average Bonchev–Trinajstić information content (AvgIpc) is 2.47. The molecule has 2 heteroatoms. The normalized spacial score (nSPS) is 18.1. The molecule has 0 saturated heterocycles. The molecule has 2 aromatic rings. The quantitative estimate of drug-likeness (QED) is 0.707. The van der Waals surface area contributed by atoms with Crippen LogP contribution < -0.4 is 0 Å². The first-order chi connectivity index (χ1) is 9.28. The van der Waals surface area contributed by atoms with Crippen molar-refractivity contribution in [2.75, 3.05) is 0 Å². The number of aromatic nitrogens is 1. The number of aryl methyl sites for hydroxylation is 1. The Balaban J connectivity index is 2.03. The van der Waals surface area contributed by atoms with Crippen LogP contribution in [0.15, 0.2) is 36.4 Å². The van der Waals surface area contributed by atoms with Gasteiger partial charge in [0.1, 0.15) is 5.15 Å². The highest BCUT2D eigenvalue weighted by molar-refractivity contribution is 6.32. The van der Waals surface area contributed by atoms with E-state index in [-0.39, 0.29) is 0 Å². The van der Waals surface area contributed by atoms with Crippen LogP contribution in [0.4, 0.5) is 0 Å². The van der Waals surface area contributed by atoms with Crippen LogP contribution in [-0.4, -0.2) is 4.98 Å². The van der Waals surface area contributed by atoms with E-state index in [2.05, 4.69) is 30.1 Å². The van der Waals surface area contributed by atoms with Gasteiger partial charge in [-0.2, -0.15) is 0 Å². The molecule has 1 nitrogen and oxygen atoms in total. The molecule has 0 amide bonds. The van der Waals surface area contributed by atoms with Gasteiger partial charge in [0.05, 0.1) is 0 Å². The number of rotatable bonds is 2. The summed E-state index contributed by atoms with van der Waals surface area (Å²) in [6, 6.07) is 12.5. The number of halogens is 1. The third-order valence-electron chi connectivity index (χ3n) is 4.10. The van der Waals surface area contributed by atoms with Crippen molar-refractivity contribution in [2.24, 2.45) is 5.92 Å². The van der Waals surface area contributed by atoms with Crippen molar-refractivity contribution in [3.63, 3.8) is 0 Å². The second-order valence-corrected chi connectivity index (χ2v) is 5.67. The minimum absolute atomic E-state index is 0.639. The van der Waals surface area contributed by atoms with Crippen LogP contribution in [-0.2, 0) is 12.8 Å². The summed E-state index contributed by atoms with van der Waals surface area (Å²) in [5.74, 6) is 0.805. The Morgan fingerprint density at radius 1 is 1.26 bits per heavy atom. The topological polar surface area (TPSA) is 12.9 Å². The molecular weight excluding hydrogens is 254 g/mol. The average molecular weight is 272 g/mol. The molecule has 1 atom stereocenters. The predicted molar refractivity (Wildman–Crippen MR) is 80.5 cm³/mol. The molecule has 0 spiro atoms. The lowest BCUT2D eigenvalue weighted by Crippen LogP contribution is -2.15. The maximum atomic E-state index is 6.35. The smallest absolute Gasteiger partial charge is 0.137 e. The SMILES string of the molecule is CCC1CCc2nc(Cl)c(-c3ccccc3)cc2C1. The molecule has 1 unspecified atom stereocenters. The third-order valence-corrected chi connectivity index (χ3v) is 4.39. The molecule has 1 aromatic carbocycles. The Morgan fingerprint density at radius 3 is 2.79 bits per heavy atom. The lowest BCUT2D eigenvalue weighted by Gasteiger charge is -2.23. The van der Waals surface area contributed by atoms with E-state index in [0.717, 1.165) is 29.9 Å². The van der Waals surface area contributed by atoms with Gasteiger partial charge in [-0.1, -0.05) is 55.3 Å². The molecule has 0 bridgehead atoms. The van der Waals surface area contributed by atoms with E-state index in [1.165, 1.54) is 24.1 Å².